The van der Waals surface area contributed by atoms with E-state index >= 15 is 0 Å². The number of likely N-dealkylation sites (N-methyl/N-ethyl adjacent to an activating group) is 1. The van der Waals surface area contributed by atoms with Crippen LogP contribution in [0.5, 0.6) is 0 Å². The zero-order valence-corrected chi connectivity index (χ0v) is 13.9. The number of nitrogens with zero attached hydrogens (tertiary/aromatic N) is 4. The lowest BCUT2D eigenvalue weighted by Gasteiger charge is -2.25. The van der Waals surface area contributed by atoms with Crippen molar-refractivity contribution in [2.45, 2.75) is 39.7 Å². The zero-order chi connectivity index (χ0) is 15.2. The molecule has 1 aliphatic rings. The van der Waals surface area contributed by atoms with Crippen molar-refractivity contribution >= 4 is 22.4 Å². The van der Waals surface area contributed by atoms with Crippen molar-refractivity contribution in [3.63, 3.8) is 0 Å². The van der Waals surface area contributed by atoms with E-state index in [0.29, 0.717) is 11.0 Å². The van der Waals surface area contributed by atoms with Crippen LogP contribution in [0.3, 0.4) is 0 Å². The molecule has 1 aliphatic heterocycles. The van der Waals surface area contributed by atoms with Crippen LogP contribution in [0.2, 0.25) is 0 Å². The van der Waals surface area contributed by atoms with Gasteiger partial charge in [0.05, 0.1) is 0 Å². The van der Waals surface area contributed by atoms with Crippen LogP contribution in [0.1, 0.15) is 43.4 Å². The Kier molecular flexibility index (Phi) is 5.93. The minimum Gasteiger partial charge on any atom is -0.360 e. The van der Waals surface area contributed by atoms with Crippen LogP contribution in [0, 0.1) is 0 Å². The van der Waals surface area contributed by atoms with Gasteiger partial charge >= 0.3 is 0 Å². The van der Waals surface area contributed by atoms with E-state index in [-0.39, 0.29) is 5.91 Å². The summed E-state index contributed by atoms with van der Waals surface area (Å²) in [5.74, 6) is 0.0201. The lowest BCUT2D eigenvalue weighted by molar-refractivity contribution is 0.0776. The predicted octanol–water partition coefficient (Wildman–Crippen LogP) is 1.92. The van der Waals surface area contributed by atoms with Crippen LogP contribution in [0.4, 0.5) is 5.13 Å². The topological polar surface area (TPSA) is 61.4 Å². The summed E-state index contributed by atoms with van der Waals surface area (Å²) in [7, 11) is 0. The number of hydrogen-bond donors (Lipinski definition) is 1. The number of rotatable bonds is 7. The summed E-state index contributed by atoms with van der Waals surface area (Å²) >= 11 is 1.35. The molecule has 1 aromatic rings. The van der Waals surface area contributed by atoms with Crippen molar-refractivity contribution in [3.05, 3.63) is 5.01 Å². The van der Waals surface area contributed by atoms with E-state index < -0.39 is 0 Å². The SMILES string of the molecule is CCCNc1nnc(C(=O)N2CCC(N(CC)CC)C2)s1. The molecule has 7 heteroatoms. The highest BCUT2D eigenvalue weighted by atomic mass is 32.1. The lowest BCUT2D eigenvalue weighted by atomic mass is 10.2. The molecule has 2 rings (SSSR count). The van der Waals surface area contributed by atoms with Crippen molar-refractivity contribution in [1.29, 1.82) is 0 Å². The van der Waals surface area contributed by atoms with E-state index in [1.54, 1.807) is 0 Å². The first-order valence-corrected chi connectivity index (χ1v) is 8.61. The normalized spacial score (nSPS) is 18.5. The second kappa shape index (κ2) is 7.70. The molecule has 1 N–H and O–H groups in total. The summed E-state index contributed by atoms with van der Waals surface area (Å²) in [6, 6.07) is 0.481. The highest BCUT2D eigenvalue weighted by Crippen LogP contribution is 2.21. The Labute approximate surface area is 130 Å². The molecule has 1 atom stereocenters. The second-order valence-corrected chi connectivity index (χ2v) is 6.23. The third kappa shape index (κ3) is 3.91. The van der Waals surface area contributed by atoms with Gasteiger partial charge in [-0.2, -0.15) is 0 Å². The lowest BCUT2D eigenvalue weighted by Crippen LogP contribution is -2.38. The largest absolute Gasteiger partial charge is 0.360 e. The third-order valence-corrected chi connectivity index (χ3v) is 4.78. The summed E-state index contributed by atoms with van der Waals surface area (Å²) in [5.41, 5.74) is 0. The number of nitrogens with one attached hydrogen (secondary N) is 1. The first-order chi connectivity index (χ1) is 10.2. The maximum Gasteiger partial charge on any atom is 0.284 e. The fourth-order valence-electron chi connectivity index (χ4n) is 2.71. The molecule has 1 amide bonds. The van der Waals surface area contributed by atoms with Crippen molar-refractivity contribution in [3.8, 4) is 0 Å². The van der Waals surface area contributed by atoms with E-state index in [4.69, 9.17) is 0 Å². The number of likely N-dealkylation sites (tertiary alicyclic amines) is 1. The molecule has 0 bridgehead atoms. The number of amides is 1. The first-order valence-electron chi connectivity index (χ1n) is 7.80. The highest BCUT2D eigenvalue weighted by Gasteiger charge is 2.31. The molecule has 1 aromatic heterocycles. The third-order valence-electron chi connectivity index (χ3n) is 3.91. The first kappa shape index (κ1) is 16.2. The summed E-state index contributed by atoms with van der Waals surface area (Å²) in [5, 5.41) is 12.5. The Bertz CT molecular complexity index is 460. The van der Waals surface area contributed by atoms with Crippen LogP contribution >= 0.6 is 11.3 Å². The van der Waals surface area contributed by atoms with Crippen molar-refractivity contribution in [1.82, 2.24) is 20.0 Å². The maximum absolute atomic E-state index is 12.5. The average molecular weight is 311 g/mol. The molecule has 1 unspecified atom stereocenters. The van der Waals surface area contributed by atoms with Crippen molar-refractivity contribution in [2.75, 3.05) is 38.0 Å². The van der Waals surface area contributed by atoms with Crippen molar-refractivity contribution < 1.29 is 4.79 Å². The summed E-state index contributed by atoms with van der Waals surface area (Å²) in [6.45, 7) is 11.0. The molecule has 2 heterocycles. The van der Waals surface area contributed by atoms with Gasteiger partial charge in [-0.1, -0.05) is 32.1 Å². The van der Waals surface area contributed by atoms with Crippen LogP contribution < -0.4 is 5.32 Å². The molecular formula is C14H25N5OS. The zero-order valence-electron chi connectivity index (χ0n) is 13.1. The summed E-state index contributed by atoms with van der Waals surface area (Å²) in [4.78, 5) is 16.8. The van der Waals surface area contributed by atoms with E-state index in [9.17, 15) is 4.79 Å². The number of hydrogen-bond acceptors (Lipinski definition) is 6. The molecule has 6 nitrogen and oxygen atoms in total. The van der Waals surface area contributed by atoms with Crippen LogP contribution in [-0.2, 0) is 0 Å². The molecule has 1 saturated heterocycles. The molecule has 118 valence electrons. The van der Waals surface area contributed by atoms with Crippen LogP contribution in [-0.4, -0.2) is 64.7 Å². The molecular weight excluding hydrogens is 286 g/mol. The van der Waals surface area contributed by atoms with Gasteiger partial charge in [-0.25, -0.2) is 0 Å². The Morgan fingerprint density at radius 3 is 2.81 bits per heavy atom. The van der Waals surface area contributed by atoms with Gasteiger partial charge in [0.1, 0.15) is 0 Å². The predicted molar refractivity (Wildman–Crippen MR) is 85.9 cm³/mol. The Morgan fingerprint density at radius 2 is 2.14 bits per heavy atom. The number of carbonyl (C=O) groups excluding carboxylic acids is 1. The fourth-order valence-corrected chi connectivity index (χ4v) is 3.45. The van der Waals surface area contributed by atoms with E-state index in [1.807, 2.05) is 4.90 Å². The highest BCUT2D eigenvalue weighted by molar-refractivity contribution is 7.17. The van der Waals surface area contributed by atoms with Gasteiger partial charge in [0.2, 0.25) is 10.1 Å². The van der Waals surface area contributed by atoms with Gasteiger partial charge in [-0.3, -0.25) is 9.69 Å². The monoisotopic (exact) mass is 311 g/mol. The smallest absolute Gasteiger partial charge is 0.284 e. The van der Waals surface area contributed by atoms with Gasteiger partial charge < -0.3 is 10.2 Å². The molecule has 0 spiro atoms. The van der Waals surface area contributed by atoms with Crippen LogP contribution in [0.15, 0.2) is 0 Å². The van der Waals surface area contributed by atoms with E-state index in [2.05, 4.69) is 41.2 Å². The number of carbonyl (C=O) groups is 1. The summed E-state index contributed by atoms with van der Waals surface area (Å²) < 4.78 is 0. The Balaban J connectivity index is 1.93. The quantitative estimate of drug-likeness (QED) is 0.833. The maximum atomic E-state index is 12.5. The summed E-state index contributed by atoms with van der Waals surface area (Å²) in [6.07, 6.45) is 2.08. The standard InChI is InChI=1S/C14H25N5OS/c1-4-8-15-14-17-16-12(21-14)13(20)19-9-7-11(10-19)18(5-2)6-3/h11H,4-10H2,1-3H3,(H,15,17). The van der Waals surface area contributed by atoms with Gasteiger partial charge in [-0.15, -0.1) is 10.2 Å². The minimum atomic E-state index is 0.0201. The fraction of sp³-hybridized carbons (Fsp3) is 0.786. The Hall–Kier alpha value is -1.21. The number of anilines is 1. The van der Waals surface area contributed by atoms with E-state index in [1.165, 1.54) is 11.3 Å². The second-order valence-electron chi connectivity index (χ2n) is 5.25. The average Bonchev–Trinajstić information content (AvgIpc) is 3.15. The molecule has 1 fully saturated rings. The van der Waals surface area contributed by atoms with Crippen molar-refractivity contribution in [2.24, 2.45) is 0 Å². The minimum absolute atomic E-state index is 0.0201. The molecule has 0 aliphatic carbocycles. The van der Waals surface area contributed by atoms with E-state index in [0.717, 1.165) is 50.7 Å². The number of aromatic nitrogens is 2. The van der Waals surface area contributed by atoms with Gasteiger partial charge in [0, 0.05) is 25.7 Å². The molecule has 0 aromatic carbocycles. The van der Waals surface area contributed by atoms with Crippen LogP contribution in [0.25, 0.3) is 0 Å². The van der Waals surface area contributed by atoms with Gasteiger partial charge in [0.15, 0.2) is 0 Å². The van der Waals surface area contributed by atoms with Gasteiger partial charge in [-0.05, 0) is 25.9 Å². The van der Waals surface area contributed by atoms with Gasteiger partial charge in [0.25, 0.3) is 5.91 Å². The molecule has 21 heavy (non-hydrogen) atoms. The molecule has 0 saturated carbocycles. The molecule has 0 radical (unpaired) electrons. The Morgan fingerprint density at radius 1 is 1.38 bits per heavy atom.